The van der Waals surface area contributed by atoms with E-state index >= 15 is 0 Å². The molecule has 2 N–H and O–H groups in total. The summed E-state index contributed by atoms with van der Waals surface area (Å²) < 4.78 is 34.9. The minimum absolute atomic E-state index is 0.0618. The predicted octanol–water partition coefficient (Wildman–Crippen LogP) is 1.55. The molecule has 5 heteroatoms. The number of nitrogens with one attached hydrogen (secondary N) is 1. The fraction of sp³-hybridized carbons (Fsp3) is 1.00. The lowest BCUT2D eigenvalue weighted by Crippen LogP contribution is -2.25. The van der Waals surface area contributed by atoms with Crippen LogP contribution in [0.2, 0.25) is 0 Å². The summed E-state index contributed by atoms with van der Waals surface area (Å²) in [5, 5.41) is 11.4. The second-order valence-electron chi connectivity index (χ2n) is 3.21. The third-order valence-electron chi connectivity index (χ3n) is 1.62. The van der Waals surface area contributed by atoms with Crippen LogP contribution < -0.4 is 5.32 Å². The third kappa shape index (κ3) is 9.63. The minimum Gasteiger partial charge on any atom is -0.396 e. The highest BCUT2D eigenvalue weighted by Crippen LogP contribution is 2.20. The molecule has 0 aromatic rings. The van der Waals surface area contributed by atoms with Crippen molar-refractivity contribution in [1.82, 2.24) is 5.32 Å². The Kier molecular flexibility index (Phi) is 6.07. The van der Waals surface area contributed by atoms with Gasteiger partial charge in [0.2, 0.25) is 0 Å². The van der Waals surface area contributed by atoms with Crippen molar-refractivity contribution < 1.29 is 18.3 Å². The molecular weight excluding hydrogens is 183 g/mol. The molecule has 80 valence electrons. The van der Waals surface area contributed by atoms with E-state index in [9.17, 15) is 13.2 Å². The summed E-state index contributed by atoms with van der Waals surface area (Å²) >= 11 is 0. The average molecular weight is 199 g/mol. The summed E-state index contributed by atoms with van der Waals surface area (Å²) in [6.07, 6.45) is -4.70. The molecule has 13 heavy (non-hydrogen) atoms. The number of alkyl halides is 3. The summed E-state index contributed by atoms with van der Waals surface area (Å²) in [5.41, 5.74) is 0. The SMILES string of the molecule is CC(CO)CNCCCC(F)(F)F. The normalized spacial score (nSPS) is 14.5. The molecule has 0 aliphatic rings. The molecule has 0 aromatic carbocycles. The molecule has 2 nitrogen and oxygen atoms in total. The van der Waals surface area contributed by atoms with E-state index in [-0.39, 0.29) is 18.9 Å². The number of hydrogen-bond acceptors (Lipinski definition) is 2. The van der Waals surface area contributed by atoms with Crippen molar-refractivity contribution in [2.75, 3.05) is 19.7 Å². The molecule has 0 radical (unpaired) electrons. The monoisotopic (exact) mass is 199 g/mol. The van der Waals surface area contributed by atoms with Crippen molar-refractivity contribution in [3.63, 3.8) is 0 Å². The topological polar surface area (TPSA) is 32.3 Å². The van der Waals surface area contributed by atoms with Crippen LogP contribution in [-0.4, -0.2) is 31.0 Å². The lowest BCUT2D eigenvalue weighted by atomic mass is 10.2. The van der Waals surface area contributed by atoms with E-state index in [1.54, 1.807) is 0 Å². The van der Waals surface area contributed by atoms with Crippen LogP contribution in [0.4, 0.5) is 13.2 Å². The van der Waals surface area contributed by atoms with Gasteiger partial charge in [0.05, 0.1) is 0 Å². The molecule has 0 amide bonds. The second-order valence-corrected chi connectivity index (χ2v) is 3.21. The van der Waals surface area contributed by atoms with Crippen LogP contribution in [0, 0.1) is 5.92 Å². The number of aliphatic hydroxyl groups is 1. The Morgan fingerprint density at radius 2 is 2.00 bits per heavy atom. The van der Waals surface area contributed by atoms with Gasteiger partial charge in [0, 0.05) is 13.0 Å². The van der Waals surface area contributed by atoms with Gasteiger partial charge < -0.3 is 10.4 Å². The molecule has 1 atom stereocenters. The quantitative estimate of drug-likeness (QED) is 0.636. The maximum atomic E-state index is 11.6. The zero-order chi connectivity index (χ0) is 10.3. The molecule has 0 aliphatic carbocycles. The minimum atomic E-state index is -4.05. The summed E-state index contributed by atoms with van der Waals surface area (Å²) in [5.74, 6) is 0.103. The standard InChI is InChI=1S/C8H16F3NO/c1-7(6-13)5-12-4-2-3-8(9,10)11/h7,12-13H,2-6H2,1H3. The van der Waals surface area contributed by atoms with E-state index in [0.29, 0.717) is 13.1 Å². The molecule has 0 fully saturated rings. The molecule has 0 spiro atoms. The van der Waals surface area contributed by atoms with E-state index in [2.05, 4.69) is 5.32 Å². The van der Waals surface area contributed by atoms with Crippen LogP contribution in [-0.2, 0) is 0 Å². The van der Waals surface area contributed by atoms with E-state index in [1.165, 1.54) is 0 Å². The first kappa shape index (κ1) is 12.7. The van der Waals surface area contributed by atoms with Gasteiger partial charge in [-0.3, -0.25) is 0 Å². The Labute approximate surface area is 76.1 Å². The van der Waals surface area contributed by atoms with Gasteiger partial charge in [-0.05, 0) is 25.4 Å². The lowest BCUT2D eigenvalue weighted by Gasteiger charge is -2.10. The van der Waals surface area contributed by atoms with Crippen LogP contribution in [0.1, 0.15) is 19.8 Å². The molecular formula is C8H16F3NO. The van der Waals surface area contributed by atoms with Crippen LogP contribution >= 0.6 is 0 Å². The van der Waals surface area contributed by atoms with Gasteiger partial charge in [-0.2, -0.15) is 13.2 Å². The Morgan fingerprint density at radius 3 is 2.46 bits per heavy atom. The molecule has 0 heterocycles. The molecule has 0 aromatic heterocycles. The highest BCUT2D eigenvalue weighted by molar-refractivity contribution is 4.57. The van der Waals surface area contributed by atoms with Crippen molar-refractivity contribution in [2.45, 2.75) is 25.9 Å². The van der Waals surface area contributed by atoms with E-state index in [0.717, 1.165) is 0 Å². The Balaban J connectivity index is 3.18. The fourth-order valence-corrected chi connectivity index (χ4v) is 0.827. The molecule has 0 bridgehead atoms. The Morgan fingerprint density at radius 1 is 1.38 bits per heavy atom. The maximum Gasteiger partial charge on any atom is 0.389 e. The smallest absolute Gasteiger partial charge is 0.389 e. The summed E-state index contributed by atoms with van der Waals surface area (Å²) in [4.78, 5) is 0. The molecule has 0 saturated carbocycles. The molecule has 0 aliphatic heterocycles. The van der Waals surface area contributed by atoms with Crippen LogP contribution in [0.25, 0.3) is 0 Å². The zero-order valence-corrected chi connectivity index (χ0v) is 7.69. The number of hydrogen-bond donors (Lipinski definition) is 2. The van der Waals surface area contributed by atoms with Crippen LogP contribution in [0.3, 0.4) is 0 Å². The van der Waals surface area contributed by atoms with Gasteiger partial charge in [-0.25, -0.2) is 0 Å². The molecule has 1 unspecified atom stereocenters. The van der Waals surface area contributed by atoms with Gasteiger partial charge in [-0.1, -0.05) is 6.92 Å². The van der Waals surface area contributed by atoms with Gasteiger partial charge in [0.15, 0.2) is 0 Å². The summed E-state index contributed by atoms with van der Waals surface area (Å²) in [6, 6.07) is 0. The van der Waals surface area contributed by atoms with E-state index < -0.39 is 12.6 Å². The fourth-order valence-electron chi connectivity index (χ4n) is 0.827. The summed E-state index contributed by atoms with van der Waals surface area (Å²) in [7, 11) is 0. The van der Waals surface area contributed by atoms with Gasteiger partial charge >= 0.3 is 6.18 Å². The summed E-state index contributed by atoms with van der Waals surface area (Å²) in [6.45, 7) is 2.81. The number of rotatable bonds is 6. The van der Waals surface area contributed by atoms with Crippen LogP contribution in [0.15, 0.2) is 0 Å². The highest BCUT2D eigenvalue weighted by atomic mass is 19.4. The Bertz CT molecular complexity index is 127. The second kappa shape index (κ2) is 6.21. The first-order valence-corrected chi connectivity index (χ1v) is 4.34. The zero-order valence-electron chi connectivity index (χ0n) is 7.69. The maximum absolute atomic E-state index is 11.6. The first-order valence-electron chi connectivity index (χ1n) is 4.34. The predicted molar refractivity (Wildman–Crippen MR) is 44.4 cm³/mol. The van der Waals surface area contributed by atoms with Crippen molar-refractivity contribution in [3.05, 3.63) is 0 Å². The van der Waals surface area contributed by atoms with E-state index in [1.807, 2.05) is 6.92 Å². The van der Waals surface area contributed by atoms with Gasteiger partial charge in [0.1, 0.15) is 0 Å². The van der Waals surface area contributed by atoms with E-state index in [4.69, 9.17) is 5.11 Å². The molecule has 0 rings (SSSR count). The van der Waals surface area contributed by atoms with Crippen molar-refractivity contribution in [2.24, 2.45) is 5.92 Å². The third-order valence-corrected chi connectivity index (χ3v) is 1.62. The van der Waals surface area contributed by atoms with Gasteiger partial charge in [0.25, 0.3) is 0 Å². The number of aliphatic hydroxyl groups excluding tert-OH is 1. The molecule has 0 saturated heterocycles. The largest absolute Gasteiger partial charge is 0.396 e. The lowest BCUT2D eigenvalue weighted by molar-refractivity contribution is -0.135. The first-order chi connectivity index (χ1) is 5.95. The van der Waals surface area contributed by atoms with Crippen molar-refractivity contribution in [1.29, 1.82) is 0 Å². The van der Waals surface area contributed by atoms with Crippen molar-refractivity contribution in [3.8, 4) is 0 Å². The van der Waals surface area contributed by atoms with Crippen LogP contribution in [0.5, 0.6) is 0 Å². The van der Waals surface area contributed by atoms with Gasteiger partial charge in [-0.15, -0.1) is 0 Å². The highest BCUT2D eigenvalue weighted by Gasteiger charge is 2.25. The Hall–Kier alpha value is -0.290. The van der Waals surface area contributed by atoms with Crippen molar-refractivity contribution >= 4 is 0 Å². The number of halogens is 3. The average Bonchev–Trinajstić information content (AvgIpc) is 2.01.